The summed E-state index contributed by atoms with van der Waals surface area (Å²) in [7, 11) is 0. The van der Waals surface area contributed by atoms with E-state index in [1.807, 2.05) is 66.7 Å². The molecule has 4 heteroatoms. The van der Waals surface area contributed by atoms with E-state index >= 15 is 0 Å². The van der Waals surface area contributed by atoms with Crippen molar-refractivity contribution in [1.29, 1.82) is 0 Å². The van der Waals surface area contributed by atoms with Gasteiger partial charge in [-0.1, -0.05) is 66.7 Å². The first-order valence-corrected chi connectivity index (χ1v) is 8.36. The highest BCUT2D eigenvalue weighted by atomic mass is 79.9. The summed E-state index contributed by atoms with van der Waals surface area (Å²) >= 11 is 3.50. The number of rotatable bonds is 5. The number of hydrogen-bond donors (Lipinski definition) is 0. The van der Waals surface area contributed by atoms with Crippen LogP contribution in [0.15, 0.2) is 76.2 Å². The molecule has 0 amide bonds. The molecule has 118 valence electrons. The van der Waals surface area contributed by atoms with Crippen molar-refractivity contribution >= 4 is 21.8 Å². The molecule has 2 aromatic rings. The van der Waals surface area contributed by atoms with Gasteiger partial charge in [0.2, 0.25) is 5.90 Å². The molecule has 1 atom stereocenters. The third-order valence-corrected chi connectivity index (χ3v) is 4.13. The maximum atomic E-state index is 5.87. The monoisotopic (exact) mass is 371 g/mol. The highest BCUT2D eigenvalue weighted by Crippen LogP contribution is 2.21. The average Bonchev–Trinajstić information content (AvgIpc) is 2.62. The van der Waals surface area contributed by atoms with Gasteiger partial charge < -0.3 is 9.47 Å². The highest BCUT2D eigenvalue weighted by Gasteiger charge is 2.17. The molecule has 1 aliphatic heterocycles. The molecule has 0 aliphatic carbocycles. The van der Waals surface area contributed by atoms with E-state index in [1.54, 1.807) is 0 Å². The van der Waals surface area contributed by atoms with Crippen LogP contribution in [0.25, 0.3) is 0 Å². The Morgan fingerprint density at radius 3 is 2.17 bits per heavy atom. The molecule has 0 N–H and O–H groups in total. The fraction of sp³-hybridized carbons (Fsp3) is 0.211. The minimum Gasteiger partial charge on any atom is -0.472 e. The van der Waals surface area contributed by atoms with Crippen molar-refractivity contribution in [3.8, 4) is 0 Å². The van der Waals surface area contributed by atoms with E-state index in [9.17, 15) is 0 Å². The molecule has 0 spiro atoms. The molecule has 0 radical (unpaired) electrons. The fourth-order valence-corrected chi connectivity index (χ4v) is 2.64. The zero-order valence-corrected chi connectivity index (χ0v) is 14.3. The van der Waals surface area contributed by atoms with E-state index in [4.69, 9.17) is 9.47 Å². The molecular weight excluding hydrogens is 354 g/mol. The average molecular weight is 372 g/mol. The number of aliphatic imine (C=N–C) groups is 1. The first-order valence-electron chi connectivity index (χ1n) is 7.57. The predicted octanol–water partition coefficient (Wildman–Crippen LogP) is 4.83. The van der Waals surface area contributed by atoms with Gasteiger partial charge in [-0.3, -0.25) is 0 Å². The summed E-state index contributed by atoms with van der Waals surface area (Å²) in [5.41, 5.74) is 2.26. The number of halogens is 1. The van der Waals surface area contributed by atoms with Crippen LogP contribution in [0.5, 0.6) is 0 Å². The maximum Gasteiger partial charge on any atom is 0.225 e. The smallest absolute Gasteiger partial charge is 0.225 e. The van der Waals surface area contributed by atoms with E-state index in [0.717, 1.165) is 22.0 Å². The molecule has 2 aromatic carbocycles. The Balaban J connectivity index is 1.57. The van der Waals surface area contributed by atoms with Crippen molar-refractivity contribution in [3.63, 3.8) is 0 Å². The van der Waals surface area contributed by atoms with E-state index in [1.165, 1.54) is 0 Å². The van der Waals surface area contributed by atoms with Crippen LogP contribution in [0.3, 0.4) is 0 Å². The second-order valence-corrected chi connectivity index (χ2v) is 6.10. The maximum absolute atomic E-state index is 5.87. The summed E-state index contributed by atoms with van der Waals surface area (Å²) in [6.07, 6.45) is 2.58. The standard InChI is InChI=1S/C19H18BrNO2/c20-17-11-12-18(22-13-15-7-3-1-4-8-15)21-19(17)23-14-16-9-5-2-6-10-16/h1-11,18H,12-14H2. The normalized spacial score (nSPS) is 17.3. The van der Waals surface area contributed by atoms with Crippen molar-refractivity contribution in [2.75, 3.05) is 0 Å². The first-order chi connectivity index (χ1) is 11.3. The second kappa shape index (κ2) is 8.09. The van der Waals surface area contributed by atoms with Crippen molar-refractivity contribution in [2.45, 2.75) is 25.9 Å². The van der Waals surface area contributed by atoms with Crippen LogP contribution in [0.1, 0.15) is 17.5 Å². The highest BCUT2D eigenvalue weighted by molar-refractivity contribution is 9.12. The lowest BCUT2D eigenvalue weighted by atomic mass is 10.2. The lowest BCUT2D eigenvalue weighted by molar-refractivity contribution is 0.0456. The number of nitrogens with zero attached hydrogens (tertiary/aromatic N) is 1. The van der Waals surface area contributed by atoms with E-state index in [-0.39, 0.29) is 6.23 Å². The van der Waals surface area contributed by atoms with E-state index < -0.39 is 0 Å². The van der Waals surface area contributed by atoms with Gasteiger partial charge in [-0.15, -0.1) is 0 Å². The van der Waals surface area contributed by atoms with Gasteiger partial charge in [0.1, 0.15) is 6.61 Å². The van der Waals surface area contributed by atoms with Crippen LogP contribution in [-0.4, -0.2) is 12.1 Å². The minimum absolute atomic E-state index is 0.206. The van der Waals surface area contributed by atoms with E-state index in [0.29, 0.717) is 19.1 Å². The first kappa shape index (κ1) is 16.0. The van der Waals surface area contributed by atoms with Crippen LogP contribution in [-0.2, 0) is 22.7 Å². The fourth-order valence-electron chi connectivity index (χ4n) is 2.24. The zero-order valence-electron chi connectivity index (χ0n) is 12.7. The predicted molar refractivity (Wildman–Crippen MR) is 95.3 cm³/mol. The van der Waals surface area contributed by atoms with Crippen molar-refractivity contribution < 1.29 is 9.47 Å². The summed E-state index contributed by atoms with van der Waals surface area (Å²) in [6.45, 7) is 1.04. The topological polar surface area (TPSA) is 30.8 Å². The number of benzene rings is 2. The third-order valence-electron chi connectivity index (χ3n) is 3.47. The van der Waals surface area contributed by atoms with Crippen molar-refractivity contribution in [1.82, 2.24) is 0 Å². The van der Waals surface area contributed by atoms with Gasteiger partial charge in [-0.05, 0) is 27.1 Å². The van der Waals surface area contributed by atoms with Crippen LogP contribution < -0.4 is 0 Å². The Kier molecular flexibility index (Phi) is 5.61. The Morgan fingerprint density at radius 1 is 0.913 bits per heavy atom. The molecule has 0 saturated carbocycles. The number of ether oxygens (including phenoxy) is 2. The molecule has 1 aliphatic rings. The Labute approximate surface area is 144 Å². The molecule has 3 rings (SSSR count). The molecule has 0 saturated heterocycles. The van der Waals surface area contributed by atoms with Crippen molar-refractivity contribution in [2.24, 2.45) is 4.99 Å². The molecule has 0 bridgehead atoms. The molecule has 0 fully saturated rings. The van der Waals surface area contributed by atoms with Gasteiger partial charge in [0.05, 0.1) is 11.1 Å². The Hall–Kier alpha value is -1.91. The quantitative estimate of drug-likeness (QED) is 0.753. The molecule has 1 unspecified atom stereocenters. The second-order valence-electron chi connectivity index (χ2n) is 5.25. The Morgan fingerprint density at radius 2 is 1.52 bits per heavy atom. The molecule has 3 nitrogen and oxygen atoms in total. The molecule has 0 aromatic heterocycles. The minimum atomic E-state index is -0.206. The van der Waals surface area contributed by atoms with Crippen molar-refractivity contribution in [3.05, 3.63) is 82.3 Å². The SMILES string of the molecule is BrC1=CCC(OCc2ccccc2)N=C1OCc1ccccc1. The summed E-state index contributed by atoms with van der Waals surface area (Å²) in [5.74, 6) is 0.596. The van der Waals surface area contributed by atoms with Gasteiger partial charge in [-0.2, -0.15) is 0 Å². The van der Waals surface area contributed by atoms with Gasteiger partial charge in [0, 0.05) is 6.42 Å². The van der Waals surface area contributed by atoms with Crippen LogP contribution in [0.4, 0.5) is 0 Å². The van der Waals surface area contributed by atoms with Gasteiger partial charge in [-0.25, -0.2) is 4.99 Å². The molecule has 23 heavy (non-hydrogen) atoms. The molecule has 1 heterocycles. The number of dihydropyridines is 1. The van der Waals surface area contributed by atoms with Crippen LogP contribution in [0.2, 0.25) is 0 Å². The summed E-state index contributed by atoms with van der Waals surface area (Å²) < 4.78 is 12.6. The molecular formula is C19H18BrNO2. The lowest BCUT2D eigenvalue weighted by Crippen LogP contribution is -2.19. The largest absolute Gasteiger partial charge is 0.472 e. The summed E-state index contributed by atoms with van der Waals surface area (Å²) in [4.78, 5) is 4.55. The van der Waals surface area contributed by atoms with E-state index in [2.05, 4.69) is 20.9 Å². The van der Waals surface area contributed by atoms with Gasteiger partial charge >= 0.3 is 0 Å². The number of hydrogen-bond acceptors (Lipinski definition) is 3. The van der Waals surface area contributed by atoms with Gasteiger partial charge in [0.15, 0.2) is 6.23 Å². The third kappa shape index (κ3) is 4.78. The lowest BCUT2D eigenvalue weighted by Gasteiger charge is -2.19. The summed E-state index contributed by atoms with van der Waals surface area (Å²) in [6, 6.07) is 20.2. The zero-order chi connectivity index (χ0) is 15.9. The Bertz CT molecular complexity index is 683. The summed E-state index contributed by atoms with van der Waals surface area (Å²) in [5, 5.41) is 0. The van der Waals surface area contributed by atoms with Crippen LogP contribution >= 0.6 is 15.9 Å². The van der Waals surface area contributed by atoms with Crippen LogP contribution in [0, 0.1) is 0 Å². The van der Waals surface area contributed by atoms with Gasteiger partial charge in [0.25, 0.3) is 0 Å².